The lowest BCUT2D eigenvalue weighted by atomic mass is 9.55. The molecule has 4 rings (SSSR count). The number of Topliss-reactive ketones (excluding diaryl/α,β-unsaturated/α-hetero) is 1. The summed E-state index contributed by atoms with van der Waals surface area (Å²) in [6.07, 6.45) is 3.52. The van der Waals surface area contributed by atoms with Crippen LogP contribution in [-0.4, -0.2) is 16.5 Å². The summed E-state index contributed by atoms with van der Waals surface area (Å²) in [7, 11) is 0. The third-order valence-electron chi connectivity index (χ3n) is 4.38. The number of carbonyl (C=O) groups excluding carboxylic acids is 1. The quantitative estimate of drug-likeness (QED) is 0.781. The fourth-order valence-electron chi connectivity index (χ4n) is 3.27. The van der Waals surface area contributed by atoms with E-state index in [-0.39, 0.29) is 11.2 Å². The van der Waals surface area contributed by atoms with Gasteiger partial charge in [-0.05, 0) is 31.2 Å². The van der Waals surface area contributed by atoms with E-state index >= 15 is 0 Å². The maximum absolute atomic E-state index is 12.2. The smallest absolute Gasteiger partial charge is 0.146 e. The Bertz CT molecular complexity index is 414. The number of rotatable bonds is 1. The van der Waals surface area contributed by atoms with Gasteiger partial charge in [-0.1, -0.05) is 30.3 Å². The van der Waals surface area contributed by atoms with Crippen molar-refractivity contribution >= 4 is 5.78 Å². The first-order valence-corrected chi connectivity index (χ1v) is 5.96. The van der Waals surface area contributed by atoms with E-state index in [1.165, 1.54) is 0 Å². The van der Waals surface area contributed by atoms with E-state index < -0.39 is 5.60 Å². The van der Waals surface area contributed by atoms with Gasteiger partial charge in [-0.3, -0.25) is 4.79 Å². The Morgan fingerprint density at radius 2 is 1.62 bits per heavy atom. The summed E-state index contributed by atoms with van der Waals surface area (Å²) in [6, 6.07) is 10.1. The fourth-order valence-corrected chi connectivity index (χ4v) is 3.27. The van der Waals surface area contributed by atoms with Crippen molar-refractivity contribution in [3.8, 4) is 0 Å². The fraction of sp³-hybridized carbons (Fsp3) is 0.500. The van der Waals surface area contributed by atoms with Gasteiger partial charge in [0.25, 0.3) is 0 Å². The van der Waals surface area contributed by atoms with Crippen molar-refractivity contribution in [2.75, 3.05) is 0 Å². The molecule has 1 aromatic carbocycles. The normalized spacial score (nSPS) is 37.7. The van der Waals surface area contributed by atoms with Gasteiger partial charge in [0.05, 0.1) is 11.0 Å². The zero-order chi connectivity index (χ0) is 11.2. The number of ketones is 1. The van der Waals surface area contributed by atoms with Gasteiger partial charge in [-0.15, -0.1) is 0 Å². The van der Waals surface area contributed by atoms with Crippen LogP contribution in [0.3, 0.4) is 0 Å². The van der Waals surface area contributed by atoms with Crippen LogP contribution < -0.4 is 0 Å². The standard InChI is InChI=1S/C14H16O2/c15-12-10-13(16)6-8-14(12,9-7-13)11-4-2-1-3-5-11/h1-5,16H,6-10H2. The number of fused-ring (bicyclic) bond motifs is 3. The molecule has 0 unspecified atom stereocenters. The molecule has 2 nitrogen and oxygen atoms in total. The third-order valence-corrected chi connectivity index (χ3v) is 4.38. The molecule has 0 aliphatic heterocycles. The largest absolute Gasteiger partial charge is 0.389 e. The number of carbonyl (C=O) groups is 1. The Balaban J connectivity index is 2.03. The molecule has 2 heteroatoms. The van der Waals surface area contributed by atoms with E-state index in [2.05, 4.69) is 0 Å². The molecule has 2 bridgehead atoms. The van der Waals surface area contributed by atoms with Gasteiger partial charge in [0, 0.05) is 6.42 Å². The first-order valence-electron chi connectivity index (χ1n) is 5.96. The highest BCUT2D eigenvalue weighted by molar-refractivity contribution is 5.92. The second-order valence-corrected chi connectivity index (χ2v) is 5.27. The lowest BCUT2D eigenvalue weighted by molar-refractivity contribution is -0.145. The molecule has 3 saturated carbocycles. The van der Waals surface area contributed by atoms with Crippen LogP contribution in [0.1, 0.15) is 37.7 Å². The van der Waals surface area contributed by atoms with Gasteiger partial charge in [0.1, 0.15) is 5.78 Å². The first kappa shape index (κ1) is 10.0. The second-order valence-electron chi connectivity index (χ2n) is 5.27. The highest BCUT2D eigenvalue weighted by Crippen LogP contribution is 2.51. The van der Waals surface area contributed by atoms with Crippen LogP contribution in [0.4, 0.5) is 0 Å². The molecule has 1 N–H and O–H groups in total. The van der Waals surface area contributed by atoms with Crippen LogP contribution in [0.25, 0.3) is 0 Å². The van der Waals surface area contributed by atoms with E-state index in [1.807, 2.05) is 30.3 Å². The minimum Gasteiger partial charge on any atom is -0.389 e. The van der Waals surface area contributed by atoms with Crippen LogP contribution >= 0.6 is 0 Å². The van der Waals surface area contributed by atoms with Crippen molar-refractivity contribution in [3.63, 3.8) is 0 Å². The number of benzene rings is 1. The van der Waals surface area contributed by atoms with Gasteiger partial charge in [0.15, 0.2) is 0 Å². The molecular formula is C14H16O2. The zero-order valence-electron chi connectivity index (χ0n) is 9.28. The van der Waals surface area contributed by atoms with Gasteiger partial charge in [-0.2, -0.15) is 0 Å². The SMILES string of the molecule is O=C1CC2(O)CCC1(c1ccccc1)CC2. The summed E-state index contributed by atoms with van der Waals surface area (Å²) in [5, 5.41) is 10.1. The first-order chi connectivity index (χ1) is 7.65. The molecule has 16 heavy (non-hydrogen) atoms. The number of hydrogen-bond donors (Lipinski definition) is 1. The molecule has 0 spiro atoms. The van der Waals surface area contributed by atoms with E-state index in [0.29, 0.717) is 6.42 Å². The van der Waals surface area contributed by atoms with E-state index in [0.717, 1.165) is 31.2 Å². The van der Waals surface area contributed by atoms with E-state index in [4.69, 9.17) is 0 Å². The topological polar surface area (TPSA) is 37.3 Å². The molecule has 0 amide bonds. The molecule has 3 aliphatic rings. The summed E-state index contributed by atoms with van der Waals surface area (Å²) in [5.74, 6) is 0.235. The van der Waals surface area contributed by atoms with Crippen LogP contribution in [0.2, 0.25) is 0 Å². The summed E-state index contributed by atoms with van der Waals surface area (Å²) >= 11 is 0. The van der Waals surface area contributed by atoms with Crippen molar-refractivity contribution in [2.24, 2.45) is 0 Å². The van der Waals surface area contributed by atoms with Crippen LogP contribution in [0.15, 0.2) is 30.3 Å². The molecule has 0 saturated heterocycles. The van der Waals surface area contributed by atoms with Gasteiger partial charge in [-0.25, -0.2) is 0 Å². The van der Waals surface area contributed by atoms with Gasteiger partial charge < -0.3 is 5.11 Å². The molecule has 0 aromatic heterocycles. The van der Waals surface area contributed by atoms with E-state index in [1.54, 1.807) is 0 Å². The lowest BCUT2D eigenvalue weighted by Gasteiger charge is -2.49. The maximum Gasteiger partial charge on any atom is 0.146 e. The Hall–Kier alpha value is -1.15. The zero-order valence-corrected chi connectivity index (χ0v) is 9.28. The predicted octanol–water partition coefficient (Wildman–Crippen LogP) is 2.20. The number of hydrogen-bond acceptors (Lipinski definition) is 2. The Kier molecular flexibility index (Phi) is 1.99. The second kappa shape index (κ2) is 3.17. The molecular weight excluding hydrogens is 200 g/mol. The summed E-state index contributed by atoms with van der Waals surface area (Å²) < 4.78 is 0. The Morgan fingerprint density at radius 1 is 1.00 bits per heavy atom. The van der Waals surface area contributed by atoms with Crippen LogP contribution in [0, 0.1) is 0 Å². The Labute approximate surface area is 95.3 Å². The minimum atomic E-state index is -0.687. The van der Waals surface area contributed by atoms with Crippen molar-refractivity contribution in [2.45, 2.75) is 43.1 Å². The average molecular weight is 216 g/mol. The molecule has 3 fully saturated rings. The third kappa shape index (κ3) is 1.26. The lowest BCUT2D eigenvalue weighted by Crippen LogP contribution is -2.54. The minimum absolute atomic E-state index is 0.235. The summed E-state index contributed by atoms with van der Waals surface area (Å²) in [5.41, 5.74) is 0.168. The summed E-state index contributed by atoms with van der Waals surface area (Å²) in [6.45, 7) is 0. The monoisotopic (exact) mass is 216 g/mol. The van der Waals surface area contributed by atoms with Crippen LogP contribution in [0.5, 0.6) is 0 Å². The molecule has 1 aromatic rings. The van der Waals surface area contributed by atoms with Crippen molar-refractivity contribution in [1.29, 1.82) is 0 Å². The molecule has 0 radical (unpaired) electrons. The maximum atomic E-state index is 12.2. The highest BCUT2D eigenvalue weighted by Gasteiger charge is 2.54. The van der Waals surface area contributed by atoms with Crippen molar-refractivity contribution in [1.82, 2.24) is 0 Å². The van der Waals surface area contributed by atoms with Gasteiger partial charge in [0.2, 0.25) is 0 Å². The van der Waals surface area contributed by atoms with Gasteiger partial charge >= 0.3 is 0 Å². The average Bonchev–Trinajstić information content (AvgIpc) is 2.30. The number of aliphatic hydroxyl groups is 1. The van der Waals surface area contributed by atoms with Crippen molar-refractivity contribution in [3.05, 3.63) is 35.9 Å². The summed E-state index contributed by atoms with van der Waals surface area (Å²) in [4.78, 5) is 12.2. The molecule has 3 aliphatic carbocycles. The Morgan fingerprint density at radius 3 is 2.19 bits per heavy atom. The highest BCUT2D eigenvalue weighted by atomic mass is 16.3. The molecule has 0 heterocycles. The molecule has 0 atom stereocenters. The predicted molar refractivity (Wildman–Crippen MR) is 61.2 cm³/mol. The van der Waals surface area contributed by atoms with Crippen molar-refractivity contribution < 1.29 is 9.90 Å². The van der Waals surface area contributed by atoms with E-state index in [9.17, 15) is 9.90 Å². The van der Waals surface area contributed by atoms with Crippen LogP contribution in [-0.2, 0) is 10.2 Å². The molecule has 84 valence electrons.